The summed E-state index contributed by atoms with van der Waals surface area (Å²) in [5.41, 5.74) is 2.72. The van der Waals surface area contributed by atoms with E-state index in [-0.39, 0.29) is 18.2 Å². The first-order chi connectivity index (χ1) is 15.9. The van der Waals surface area contributed by atoms with Crippen molar-refractivity contribution in [1.29, 1.82) is 0 Å². The average Bonchev–Trinajstić information content (AvgIpc) is 3.21. The number of fused-ring (bicyclic) bond motifs is 1. The first kappa shape index (κ1) is 23.1. The van der Waals surface area contributed by atoms with Crippen molar-refractivity contribution in [1.82, 2.24) is 5.32 Å². The maximum absolute atomic E-state index is 13.3. The zero-order valence-electron chi connectivity index (χ0n) is 18.5. The number of hydrogen-bond donors (Lipinski definition) is 2. The van der Waals surface area contributed by atoms with Gasteiger partial charge in [-0.15, -0.1) is 0 Å². The van der Waals surface area contributed by atoms with E-state index in [9.17, 15) is 9.90 Å². The third-order valence-corrected chi connectivity index (χ3v) is 5.51. The molecule has 0 saturated heterocycles. The number of carbonyl (C=O) groups excluding carboxylic acids is 1. The Balaban J connectivity index is 1.60. The summed E-state index contributed by atoms with van der Waals surface area (Å²) in [6.07, 6.45) is -0.603. The number of nitrogens with one attached hydrogen (secondary N) is 1. The van der Waals surface area contributed by atoms with Crippen molar-refractivity contribution in [3.63, 3.8) is 0 Å². The van der Waals surface area contributed by atoms with Crippen LogP contribution < -0.4 is 10.1 Å². The first-order valence-electron chi connectivity index (χ1n) is 10.9. The molecule has 3 aromatic carbocycles. The molecule has 0 aliphatic carbocycles. The minimum Gasteiger partial charge on any atom is -0.491 e. The topological polar surface area (TPSA) is 71.7 Å². The lowest BCUT2D eigenvalue weighted by atomic mass is 9.98. The predicted octanol–water partition coefficient (Wildman–Crippen LogP) is 5.72. The van der Waals surface area contributed by atoms with E-state index in [0.717, 1.165) is 16.5 Å². The van der Waals surface area contributed by atoms with Crippen molar-refractivity contribution in [3.8, 4) is 16.9 Å². The highest BCUT2D eigenvalue weighted by Gasteiger charge is 2.23. The van der Waals surface area contributed by atoms with Crippen molar-refractivity contribution < 1.29 is 19.1 Å². The molecule has 0 fully saturated rings. The van der Waals surface area contributed by atoms with Crippen LogP contribution in [0.5, 0.6) is 5.75 Å². The van der Waals surface area contributed by atoms with Gasteiger partial charge in [-0.25, -0.2) is 0 Å². The molecule has 0 spiro atoms. The Kier molecular flexibility index (Phi) is 7.14. The second-order valence-electron chi connectivity index (χ2n) is 8.19. The van der Waals surface area contributed by atoms with Gasteiger partial charge in [0.05, 0.1) is 0 Å². The number of carbonyl (C=O) groups is 1. The second kappa shape index (κ2) is 10.2. The lowest BCUT2D eigenvalue weighted by Gasteiger charge is -2.15. The van der Waals surface area contributed by atoms with Gasteiger partial charge in [0.15, 0.2) is 5.76 Å². The second-order valence-corrected chi connectivity index (χ2v) is 8.63. The monoisotopic (exact) mass is 463 g/mol. The van der Waals surface area contributed by atoms with Crippen molar-refractivity contribution in [2.24, 2.45) is 0 Å². The van der Waals surface area contributed by atoms with Crippen molar-refractivity contribution >= 4 is 28.4 Å². The van der Waals surface area contributed by atoms with Crippen molar-refractivity contribution in [2.75, 3.05) is 13.2 Å². The number of aliphatic hydroxyl groups excluding tert-OH is 1. The van der Waals surface area contributed by atoms with Gasteiger partial charge in [-0.05, 0) is 48.0 Å². The molecular formula is C27H26ClNO4. The molecule has 1 heterocycles. The summed E-state index contributed by atoms with van der Waals surface area (Å²) >= 11 is 5.98. The molecule has 0 aliphatic heterocycles. The van der Waals surface area contributed by atoms with E-state index >= 15 is 0 Å². The maximum Gasteiger partial charge on any atom is 0.228 e. The quantitative estimate of drug-likeness (QED) is 0.310. The molecule has 170 valence electrons. The van der Waals surface area contributed by atoms with E-state index in [1.807, 2.05) is 62.4 Å². The number of para-hydroxylation sites is 1. The summed E-state index contributed by atoms with van der Waals surface area (Å²) < 4.78 is 11.7. The van der Waals surface area contributed by atoms with E-state index < -0.39 is 6.10 Å². The zero-order chi connectivity index (χ0) is 23.4. The molecule has 0 aliphatic rings. The summed E-state index contributed by atoms with van der Waals surface area (Å²) in [4.78, 5) is 13.3. The highest BCUT2D eigenvalue weighted by Crippen LogP contribution is 2.36. The van der Waals surface area contributed by atoms with E-state index in [1.54, 1.807) is 24.3 Å². The fraction of sp³-hybridized carbons (Fsp3) is 0.222. The van der Waals surface area contributed by atoms with Gasteiger partial charge < -0.3 is 19.6 Å². The number of ether oxygens (including phenoxy) is 1. The number of furan rings is 1. The molecule has 0 radical (unpaired) electrons. The first-order valence-corrected chi connectivity index (χ1v) is 11.3. The fourth-order valence-corrected chi connectivity index (χ4v) is 3.69. The third kappa shape index (κ3) is 5.45. The van der Waals surface area contributed by atoms with Gasteiger partial charge in [0.25, 0.3) is 0 Å². The number of benzene rings is 3. The zero-order valence-corrected chi connectivity index (χ0v) is 19.3. The number of hydrogen-bond acceptors (Lipinski definition) is 5. The molecule has 33 heavy (non-hydrogen) atoms. The summed E-state index contributed by atoms with van der Waals surface area (Å²) in [7, 11) is 0. The van der Waals surface area contributed by atoms with Crippen LogP contribution in [0, 0.1) is 0 Å². The SMILES string of the molecule is CC(C)NCC(O)COc1ccc(-c2c(C(=O)c3ccc(Cl)cc3)oc3ccccc23)cc1. The van der Waals surface area contributed by atoms with Crippen LogP contribution in [0.1, 0.15) is 30.0 Å². The van der Waals surface area contributed by atoms with E-state index in [4.69, 9.17) is 20.8 Å². The maximum atomic E-state index is 13.3. The minimum atomic E-state index is -0.603. The minimum absolute atomic E-state index is 0.189. The molecule has 0 amide bonds. The van der Waals surface area contributed by atoms with E-state index in [2.05, 4.69) is 5.32 Å². The smallest absolute Gasteiger partial charge is 0.228 e. The van der Waals surface area contributed by atoms with Gasteiger partial charge in [0, 0.05) is 34.1 Å². The normalized spacial score (nSPS) is 12.3. The molecule has 1 atom stereocenters. The number of halogens is 1. The van der Waals surface area contributed by atoms with Gasteiger partial charge >= 0.3 is 0 Å². The van der Waals surface area contributed by atoms with Crippen LogP contribution in [0.25, 0.3) is 22.1 Å². The Hall–Kier alpha value is -3.12. The Morgan fingerprint density at radius 1 is 1.03 bits per heavy atom. The molecule has 2 N–H and O–H groups in total. The van der Waals surface area contributed by atoms with Crippen LogP contribution in [0.3, 0.4) is 0 Å². The average molecular weight is 464 g/mol. The highest BCUT2D eigenvalue weighted by molar-refractivity contribution is 6.30. The molecule has 4 aromatic rings. The molecule has 5 nitrogen and oxygen atoms in total. The van der Waals surface area contributed by atoms with Crippen molar-refractivity contribution in [2.45, 2.75) is 26.0 Å². The van der Waals surface area contributed by atoms with Gasteiger partial charge in [0.1, 0.15) is 24.0 Å². The fourth-order valence-electron chi connectivity index (χ4n) is 3.57. The van der Waals surface area contributed by atoms with Gasteiger partial charge in [0.2, 0.25) is 5.78 Å². The summed E-state index contributed by atoms with van der Waals surface area (Å²) in [5, 5.41) is 14.7. The van der Waals surface area contributed by atoms with Gasteiger partial charge in [-0.3, -0.25) is 4.79 Å². The molecule has 1 unspecified atom stereocenters. The number of rotatable bonds is 9. The van der Waals surface area contributed by atoms with Crippen LogP contribution in [-0.4, -0.2) is 36.2 Å². The number of aliphatic hydroxyl groups is 1. The van der Waals surface area contributed by atoms with E-state index in [1.165, 1.54) is 0 Å². The molecule has 4 rings (SSSR count). The largest absolute Gasteiger partial charge is 0.491 e. The third-order valence-electron chi connectivity index (χ3n) is 5.26. The van der Waals surface area contributed by atoms with Crippen LogP contribution >= 0.6 is 11.6 Å². The van der Waals surface area contributed by atoms with Crippen LogP contribution in [-0.2, 0) is 0 Å². The lowest BCUT2D eigenvalue weighted by molar-refractivity contribution is 0.101. The Bertz CT molecular complexity index is 1230. The Morgan fingerprint density at radius 3 is 2.42 bits per heavy atom. The predicted molar refractivity (Wildman–Crippen MR) is 131 cm³/mol. The van der Waals surface area contributed by atoms with Crippen LogP contribution in [0.2, 0.25) is 5.02 Å². The van der Waals surface area contributed by atoms with Crippen LogP contribution in [0.15, 0.2) is 77.2 Å². The molecule has 1 aromatic heterocycles. The molecule has 0 bridgehead atoms. The molecule has 0 saturated carbocycles. The van der Waals surface area contributed by atoms with Crippen molar-refractivity contribution in [3.05, 3.63) is 89.1 Å². The standard InChI is InChI=1S/C27H26ClNO4/c1-17(2)29-15-21(30)16-32-22-13-9-18(10-14-22)25-23-5-3-4-6-24(23)33-27(25)26(31)19-7-11-20(28)12-8-19/h3-14,17,21,29-30H,15-16H2,1-2H3. The number of ketones is 1. The Labute approximate surface area is 197 Å². The lowest BCUT2D eigenvalue weighted by Crippen LogP contribution is -2.35. The molecular weight excluding hydrogens is 438 g/mol. The Morgan fingerprint density at radius 2 is 1.73 bits per heavy atom. The molecule has 6 heteroatoms. The highest BCUT2D eigenvalue weighted by atomic mass is 35.5. The van der Waals surface area contributed by atoms with Crippen LogP contribution in [0.4, 0.5) is 0 Å². The summed E-state index contributed by atoms with van der Waals surface area (Å²) in [6.45, 7) is 4.70. The van der Waals surface area contributed by atoms with E-state index in [0.29, 0.717) is 34.5 Å². The van der Waals surface area contributed by atoms with Gasteiger partial charge in [-0.1, -0.05) is 55.8 Å². The summed E-state index contributed by atoms with van der Waals surface area (Å²) in [5.74, 6) is 0.710. The summed E-state index contributed by atoms with van der Waals surface area (Å²) in [6, 6.07) is 22.1. The van der Waals surface area contributed by atoms with Gasteiger partial charge in [-0.2, -0.15) is 0 Å².